The van der Waals surface area contributed by atoms with Crippen LogP contribution >= 0.6 is 0 Å². The Morgan fingerprint density at radius 1 is 1.53 bits per heavy atom. The molecule has 0 aromatic rings. The largest absolute Gasteiger partial charge is 0.479 e. The van der Waals surface area contributed by atoms with Gasteiger partial charge in [0.1, 0.15) is 0 Å². The standard InChI is InChI=1S/C9H14N2O6/c1-16-9(15)10-7(12)5-11-2-3-17-6(4-11)8(13)14/h6H,2-5H2,1H3,(H,13,14)(H,10,12,15). The second-order valence-electron chi connectivity index (χ2n) is 3.47. The van der Waals surface area contributed by atoms with Gasteiger partial charge in [-0.3, -0.25) is 15.0 Å². The minimum atomic E-state index is -1.07. The number of carbonyl (C=O) groups excluding carboxylic acids is 2. The summed E-state index contributed by atoms with van der Waals surface area (Å²) >= 11 is 0. The number of hydrogen-bond donors (Lipinski definition) is 2. The predicted molar refractivity (Wildman–Crippen MR) is 54.4 cm³/mol. The molecule has 0 bridgehead atoms. The van der Waals surface area contributed by atoms with Crippen LogP contribution in [0.1, 0.15) is 0 Å². The number of imide groups is 1. The maximum atomic E-state index is 11.3. The van der Waals surface area contributed by atoms with E-state index in [1.165, 1.54) is 0 Å². The molecular weight excluding hydrogens is 232 g/mol. The van der Waals surface area contributed by atoms with Gasteiger partial charge in [0.2, 0.25) is 5.91 Å². The van der Waals surface area contributed by atoms with E-state index in [1.54, 1.807) is 4.90 Å². The van der Waals surface area contributed by atoms with Gasteiger partial charge in [0.15, 0.2) is 6.10 Å². The van der Waals surface area contributed by atoms with E-state index in [-0.39, 0.29) is 19.7 Å². The number of ether oxygens (including phenoxy) is 2. The molecule has 0 spiro atoms. The number of morpholine rings is 1. The molecule has 1 fully saturated rings. The molecule has 1 aliphatic heterocycles. The predicted octanol–water partition coefficient (Wildman–Crippen LogP) is -1.35. The third-order valence-electron chi connectivity index (χ3n) is 2.22. The molecule has 2 amide bonds. The number of nitrogens with one attached hydrogen (secondary N) is 1. The zero-order valence-corrected chi connectivity index (χ0v) is 9.34. The van der Waals surface area contributed by atoms with Gasteiger partial charge in [0, 0.05) is 13.1 Å². The average Bonchev–Trinajstić information content (AvgIpc) is 2.28. The average molecular weight is 246 g/mol. The summed E-state index contributed by atoms with van der Waals surface area (Å²) in [6, 6.07) is 0. The lowest BCUT2D eigenvalue weighted by atomic mass is 10.2. The molecule has 1 heterocycles. The molecular formula is C9H14N2O6. The van der Waals surface area contributed by atoms with Gasteiger partial charge in [-0.2, -0.15) is 0 Å². The van der Waals surface area contributed by atoms with Crippen molar-refractivity contribution in [2.24, 2.45) is 0 Å². The van der Waals surface area contributed by atoms with E-state index >= 15 is 0 Å². The van der Waals surface area contributed by atoms with Gasteiger partial charge >= 0.3 is 12.1 Å². The zero-order chi connectivity index (χ0) is 12.8. The molecule has 96 valence electrons. The summed E-state index contributed by atoms with van der Waals surface area (Å²) in [4.78, 5) is 34.3. The monoisotopic (exact) mass is 246 g/mol. The fourth-order valence-electron chi connectivity index (χ4n) is 1.40. The Morgan fingerprint density at radius 2 is 2.24 bits per heavy atom. The van der Waals surface area contributed by atoms with Crippen LogP contribution < -0.4 is 5.32 Å². The number of alkyl carbamates (subject to hydrolysis) is 1. The van der Waals surface area contributed by atoms with Crippen molar-refractivity contribution in [2.75, 3.05) is 33.4 Å². The SMILES string of the molecule is COC(=O)NC(=O)CN1CCOC(C(=O)O)C1. The highest BCUT2D eigenvalue weighted by Gasteiger charge is 2.27. The van der Waals surface area contributed by atoms with E-state index in [1.807, 2.05) is 5.32 Å². The first-order chi connectivity index (χ1) is 8.02. The first-order valence-electron chi connectivity index (χ1n) is 4.97. The van der Waals surface area contributed by atoms with Crippen molar-refractivity contribution in [3.63, 3.8) is 0 Å². The Labute approximate surface area is 97.5 Å². The number of methoxy groups -OCH3 is 1. The van der Waals surface area contributed by atoms with Crippen molar-refractivity contribution in [1.82, 2.24) is 10.2 Å². The van der Waals surface area contributed by atoms with Gasteiger partial charge in [0.25, 0.3) is 0 Å². The van der Waals surface area contributed by atoms with E-state index in [0.29, 0.717) is 6.54 Å². The number of carbonyl (C=O) groups is 3. The molecule has 0 radical (unpaired) electrons. The molecule has 0 aromatic carbocycles. The van der Waals surface area contributed by atoms with Crippen LogP contribution in [0.4, 0.5) is 4.79 Å². The van der Waals surface area contributed by atoms with Crippen LogP contribution in [-0.4, -0.2) is 67.4 Å². The zero-order valence-electron chi connectivity index (χ0n) is 9.34. The summed E-state index contributed by atoms with van der Waals surface area (Å²) in [5, 5.41) is 10.7. The quantitative estimate of drug-likeness (QED) is 0.634. The van der Waals surface area contributed by atoms with Crippen molar-refractivity contribution in [2.45, 2.75) is 6.10 Å². The molecule has 1 unspecified atom stereocenters. The Hall–Kier alpha value is -1.67. The van der Waals surface area contributed by atoms with E-state index in [2.05, 4.69) is 4.74 Å². The second kappa shape index (κ2) is 6.16. The molecule has 0 aromatic heterocycles. The Balaban J connectivity index is 2.38. The molecule has 17 heavy (non-hydrogen) atoms. The topological polar surface area (TPSA) is 105 Å². The minimum Gasteiger partial charge on any atom is -0.479 e. The molecule has 8 heteroatoms. The molecule has 1 atom stereocenters. The molecule has 0 aliphatic carbocycles. The van der Waals surface area contributed by atoms with Crippen LogP contribution in [0, 0.1) is 0 Å². The van der Waals surface area contributed by atoms with Crippen molar-refractivity contribution in [1.29, 1.82) is 0 Å². The van der Waals surface area contributed by atoms with Gasteiger partial charge in [-0.15, -0.1) is 0 Å². The molecule has 1 rings (SSSR count). The maximum absolute atomic E-state index is 11.3. The third kappa shape index (κ3) is 4.37. The Bertz CT molecular complexity index is 319. The Morgan fingerprint density at radius 3 is 2.82 bits per heavy atom. The first kappa shape index (κ1) is 13.4. The summed E-state index contributed by atoms with van der Waals surface area (Å²) in [6.07, 6.45) is -1.77. The van der Waals surface area contributed by atoms with Crippen LogP contribution in [0.3, 0.4) is 0 Å². The van der Waals surface area contributed by atoms with E-state index in [9.17, 15) is 14.4 Å². The lowest BCUT2D eigenvalue weighted by Crippen LogP contribution is -2.49. The lowest BCUT2D eigenvalue weighted by Gasteiger charge is -2.29. The van der Waals surface area contributed by atoms with Crippen LogP contribution in [-0.2, 0) is 19.1 Å². The van der Waals surface area contributed by atoms with Gasteiger partial charge in [0.05, 0.1) is 20.3 Å². The maximum Gasteiger partial charge on any atom is 0.413 e. The summed E-state index contributed by atoms with van der Waals surface area (Å²) in [5.41, 5.74) is 0. The van der Waals surface area contributed by atoms with E-state index < -0.39 is 24.1 Å². The van der Waals surface area contributed by atoms with Gasteiger partial charge < -0.3 is 14.6 Å². The van der Waals surface area contributed by atoms with Crippen LogP contribution in [0.15, 0.2) is 0 Å². The molecule has 1 saturated heterocycles. The van der Waals surface area contributed by atoms with E-state index in [4.69, 9.17) is 9.84 Å². The van der Waals surface area contributed by atoms with Crippen molar-refractivity contribution in [3.05, 3.63) is 0 Å². The number of carboxylic acids is 1. The van der Waals surface area contributed by atoms with Gasteiger partial charge in [-0.25, -0.2) is 9.59 Å². The van der Waals surface area contributed by atoms with Crippen LogP contribution in [0.2, 0.25) is 0 Å². The normalized spacial score (nSPS) is 20.6. The number of carboxylic acid groups (broad SMARTS) is 1. The van der Waals surface area contributed by atoms with Crippen LogP contribution in [0.25, 0.3) is 0 Å². The highest BCUT2D eigenvalue weighted by atomic mass is 16.5. The molecule has 0 saturated carbocycles. The van der Waals surface area contributed by atoms with Gasteiger partial charge in [-0.1, -0.05) is 0 Å². The highest BCUT2D eigenvalue weighted by molar-refractivity contribution is 5.92. The van der Waals surface area contributed by atoms with Crippen molar-refractivity contribution < 1.29 is 29.0 Å². The van der Waals surface area contributed by atoms with Crippen molar-refractivity contribution >= 4 is 18.0 Å². The lowest BCUT2D eigenvalue weighted by molar-refractivity contribution is -0.156. The van der Waals surface area contributed by atoms with Crippen LogP contribution in [0.5, 0.6) is 0 Å². The number of aliphatic carboxylic acids is 1. The minimum absolute atomic E-state index is 0.0672. The summed E-state index contributed by atoms with van der Waals surface area (Å²) in [6.45, 7) is 0.729. The summed E-state index contributed by atoms with van der Waals surface area (Å²) in [5.74, 6) is -1.61. The summed E-state index contributed by atoms with van der Waals surface area (Å²) in [7, 11) is 1.15. The fourth-order valence-corrected chi connectivity index (χ4v) is 1.40. The van der Waals surface area contributed by atoms with E-state index in [0.717, 1.165) is 7.11 Å². The molecule has 1 aliphatic rings. The molecule has 8 nitrogen and oxygen atoms in total. The first-order valence-corrected chi connectivity index (χ1v) is 4.97. The highest BCUT2D eigenvalue weighted by Crippen LogP contribution is 2.04. The third-order valence-corrected chi connectivity index (χ3v) is 2.22. The number of amides is 2. The Kier molecular flexibility index (Phi) is 4.85. The number of rotatable bonds is 3. The number of nitrogens with zero attached hydrogens (tertiary/aromatic N) is 1. The fraction of sp³-hybridized carbons (Fsp3) is 0.667. The summed E-state index contributed by atoms with van der Waals surface area (Å²) < 4.78 is 9.25. The van der Waals surface area contributed by atoms with Gasteiger partial charge in [-0.05, 0) is 0 Å². The second-order valence-corrected chi connectivity index (χ2v) is 3.47. The molecule has 2 N–H and O–H groups in total. The number of hydrogen-bond acceptors (Lipinski definition) is 6. The van der Waals surface area contributed by atoms with Crippen molar-refractivity contribution in [3.8, 4) is 0 Å². The smallest absolute Gasteiger partial charge is 0.413 e.